The molecule has 1 aromatic rings. The van der Waals surface area contributed by atoms with Crippen LogP contribution in [0.25, 0.3) is 0 Å². The summed E-state index contributed by atoms with van der Waals surface area (Å²) in [7, 11) is 1.63. The topological polar surface area (TPSA) is 144 Å². The largest absolute Gasteiger partial charge is 0.490 e. The number of methoxy groups -OCH3 is 1. The quantitative estimate of drug-likeness (QED) is 0.412. The zero-order valence-electron chi connectivity index (χ0n) is 24.5. The number of aryl methyl sites for hydroxylation is 1. The second-order valence-electron chi connectivity index (χ2n) is 12.1. The molecular formula is C28H38ClF3N4O6. The number of nitrogens with zero attached hydrogens (tertiary/aromatic N) is 2. The molecule has 4 rings (SSSR count). The molecule has 10 nitrogen and oxygen atoms in total. The van der Waals surface area contributed by atoms with E-state index in [2.05, 4.69) is 10.3 Å². The molecule has 2 aliphatic heterocycles. The minimum Gasteiger partial charge on any atom is -0.487 e. The van der Waals surface area contributed by atoms with Gasteiger partial charge in [-0.2, -0.15) is 13.2 Å². The predicted octanol–water partition coefficient (Wildman–Crippen LogP) is 4.37. The number of hydrogen-bond acceptors (Lipinski definition) is 7. The molecule has 1 aliphatic carbocycles. The number of nitrogens with one attached hydrogen (secondary N) is 1. The van der Waals surface area contributed by atoms with Gasteiger partial charge in [-0.15, -0.1) is 0 Å². The van der Waals surface area contributed by atoms with Gasteiger partial charge in [0.05, 0.1) is 18.0 Å². The van der Waals surface area contributed by atoms with Gasteiger partial charge in [-0.1, -0.05) is 11.6 Å². The number of alkyl halides is 3. The van der Waals surface area contributed by atoms with Gasteiger partial charge < -0.3 is 25.6 Å². The molecule has 1 aromatic carbocycles. The van der Waals surface area contributed by atoms with E-state index in [9.17, 15) is 22.8 Å². The minimum absolute atomic E-state index is 0.00186. The number of halogens is 4. The Bertz CT molecular complexity index is 1250. The van der Waals surface area contributed by atoms with E-state index in [0.717, 1.165) is 16.9 Å². The zero-order valence-corrected chi connectivity index (χ0v) is 25.2. The number of nitrogens with two attached hydrogens (primary N) is 1. The number of carbonyl (C=O) groups is 3. The van der Waals surface area contributed by atoms with Crippen LogP contribution < -0.4 is 15.8 Å². The number of carbonyl (C=O) groups excluding carboxylic acids is 2. The first-order valence-electron chi connectivity index (χ1n) is 13.5. The van der Waals surface area contributed by atoms with Crippen molar-refractivity contribution in [1.82, 2.24) is 10.2 Å². The fourth-order valence-corrected chi connectivity index (χ4v) is 5.61. The number of fused-ring (bicyclic) bond motifs is 1. The smallest absolute Gasteiger partial charge is 0.487 e. The second-order valence-corrected chi connectivity index (χ2v) is 12.6. The summed E-state index contributed by atoms with van der Waals surface area (Å²) in [6.07, 6.45) is -2.88. The molecular weight excluding hydrogens is 581 g/mol. The molecule has 2 heterocycles. The highest BCUT2D eigenvalue weighted by molar-refractivity contribution is 6.31. The lowest BCUT2D eigenvalue weighted by atomic mass is 9.89. The molecule has 1 saturated carbocycles. The van der Waals surface area contributed by atoms with Crippen molar-refractivity contribution in [3.8, 4) is 5.75 Å². The number of guanidine groups is 1. The van der Waals surface area contributed by atoms with E-state index < -0.39 is 23.3 Å². The lowest BCUT2D eigenvalue weighted by molar-refractivity contribution is -0.192. The molecule has 234 valence electrons. The number of aliphatic imine (C=N–C) groups is 1. The van der Waals surface area contributed by atoms with E-state index in [1.54, 1.807) is 12.0 Å². The first kappa shape index (κ1) is 33.4. The Labute approximate surface area is 247 Å². The SMILES string of the molecule is COCC[C@H]([C@@H]1C[C@H]1C(=O)NC1CC(C)(C)Oc2cc(C)c(Cl)cc21)N1C(=O)CC(C)(C)N=C1N.O=C(O)C(F)(F)F. The van der Waals surface area contributed by atoms with Crippen molar-refractivity contribution in [3.05, 3.63) is 28.3 Å². The molecule has 4 N–H and O–H groups in total. The maximum absolute atomic E-state index is 13.4. The van der Waals surface area contributed by atoms with E-state index in [-0.39, 0.29) is 48.1 Å². The van der Waals surface area contributed by atoms with Crippen LogP contribution >= 0.6 is 11.6 Å². The predicted molar refractivity (Wildman–Crippen MR) is 149 cm³/mol. The lowest BCUT2D eigenvalue weighted by Crippen LogP contribution is -2.55. The van der Waals surface area contributed by atoms with E-state index in [4.69, 9.17) is 36.7 Å². The number of ether oxygens (including phenoxy) is 2. The maximum Gasteiger partial charge on any atom is 0.490 e. The number of hydrogen-bond donors (Lipinski definition) is 3. The summed E-state index contributed by atoms with van der Waals surface area (Å²) >= 11 is 6.40. The molecule has 0 spiro atoms. The fourth-order valence-electron chi connectivity index (χ4n) is 5.44. The monoisotopic (exact) mass is 618 g/mol. The van der Waals surface area contributed by atoms with Gasteiger partial charge in [0.25, 0.3) is 0 Å². The molecule has 3 aliphatic rings. The third kappa shape index (κ3) is 8.06. The van der Waals surface area contributed by atoms with Gasteiger partial charge in [0.15, 0.2) is 5.96 Å². The fraction of sp³-hybridized carbons (Fsp3) is 0.643. The molecule has 1 unspecified atom stereocenters. The number of carboxylic acids is 1. The molecule has 14 heteroatoms. The van der Waals surface area contributed by atoms with E-state index in [1.165, 1.54) is 0 Å². The van der Waals surface area contributed by atoms with Crippen molar-refractivity contribution in [2.45, 2.75) is 89.7 Å². The molecule has 0 aromatic heterocycles. The number of rotatable bonds is 7. The first-order valence-corrected chi connectivity index (χ1v) is 13.9. The Kier molecular flexibility index (Phi) is 9.77. The van der Waals surface area contributed by atoms with Gasteiger partial charge >= 0.3 is 12.1 Å². The summed E-state index contributed by atoms with van der Waals surface area (Å²) in [6, 6.07) is 3.39. The number of benzene rings is 1. The van der Waals surface area contributed by atoms with Crippen molar-refractivity contribution in [2.24, 2.45) is 22.6 Å². The zero-order chi connectivity index (χ0) is 31.8. The highest BCUT2D eigenvalue weighted by atomic mass is 35.5. The Balaban J connectivity index is 0.000000616. The van der Waals surface area contributed by atoms with Crippen LogP contribution in [0.1, 0.15) is 70.5 Å². The third-order valence-corrected chi connectivity index (χ3v) is 7.85. The number of amides is 2. The highest BCUT2D eigenvalue weighted by Gasteiger charge is 2.52. The highest BCUT2D eigenvalue weighted by Crippen LogP contribution is 2.47. The average molecular weight is 619 g/mol. The van der Waals surface area contributed by atoms with Gasteiger partial charge in [0, 0.05) is 42.7 Å². The average Bonchev–Trinajstić information content (AvgIpc) is 3.61. The Morgan fingerprint density at radius 3 is 2.48 bits per heavy atom. The van der Waals surface area contributed by atoms with Crippen LogP contribution in [-0.4, -0.2) is 70.8 Å². The van der Waals surface area contributed by atoms with Crippen molar-refractivity contribution in [3.63, 3.8) is 0 Å². The van der Waals surface area contributed by atoms with Crippen LogP contribution in [0.4, 0.5) is 13.2 Å². The molecule has 0 saturated heterocycles. The van der Waals surface area contributed by atoms with Crippen LogP contribution in [0.2, 0.25) is 5.02 Å². The summed E-state index contributed by atoms with van der Waals surface area (Å²) in [5.74, 6) is -2.07. The van der Waals surface area contributed by atoms with Crippen molar-refractivity contribution in [1.29, 1.82) is 0 Å². The van der Waals surface area contributed by atoms with Crippen molar-refractivity contribution in [2.75, 3.05) is 13.7 Å². The molecule has 1 fully saturated rings. The molecule has 4 atom stereocenters. The van der Waals surface area contributed by atoms with Gasteiger partial charge in [-0.25, -0.2) is 9.79 Å². The number of carboxylic acid groups (broad SMARTS) is 1. The maximum atomic E-state index is 13.4. The first-order chi connectivity index (χ1) is 19.3. The summed E-state index contributed by atoms with van der Waals surface area (Å²) in [5, 5.41) is 11.0. The Morgan fingerprint density at radius 2 is 1.93 bits per heavy atom. The van der Waals surface area contributed by atoms with Gasteiger partial charge in [0.1, 0.15) is 11.4 Å². The standard InChI is InChI=1S/C26H37ClN4O4.C2HF3O2/c1-14-9-21-17(11-18(14)27)19(12-26(4,5)35-21)29-23(33)16-10-15(16)20(7-8-34-6)31-22(32)13-25(2,3)30-24(31)28;3-2(4,5)1(6)7/h9,11,15-16,19-20H,7-8,10,12-13H2,1-6H3,(H2,28,30)(H,29,33);(H,6,7)/t15-,16-,19?,20-;/m1./s1. The Hall–Kier alpha value is -3.06. The third-order valence-electron chi connectivity index (χ3n) is 7.44. The van der Waals surface area contributed by atoms with Crippen LogP contribution in [-0.2, 0) is 19.1 Å². The summed E-state index contributed by atoms with van der Waals surface area (Å²) < 4.78 is 43.2. The summed E-state index contributed by atoms with van der Waals surface area (Å²) in [6.45, 7) is 10.2. The van der Waals surface area contributed by atoms with E-state index >= 15 is 0 Å². The molecule has 2 amide bonds. The molecule has 0 radical (unpaired) electrons. The summed E-state index contributed by atoms with van der Waals surface area (Å²) in [5.41, 5.74) is 7.14. The Morgan fingerprint density at radius 1 is 1.31 bits per heavy atom. The summed E-state index contributed by atoms with van der Waals surface area (Å²) in [4.78, 5) is 41.4. The van der Waals surface area contributed by atoms with Crippen LogP contribution in [0.5, 0.6) is 5.75 Å². The van der Waals surface area contributed by atoms with Gasteiger partial charge in [0.2, 0.25) is 11.8 Å². The van der Waals surface area contributed by atoms with Gasteiger partial charge in [-0.05, 0) is 71.1 Å². The van der Waals surface area contributed by atoms with Crippen molar-refractivity contribution < 1.29 is 42.1 Å². The van der Waals surface area contributed by atoms with Crippen molar-refractivity contribution >= 4 is 35.3 Å². The second kappa shape index (κ2) is 12.3. The molecule has 0 bridgehead atoms. The van der Waals surface area contributed by atoms with Crippen LogP contribution in [0, 0.1) is 18.8 Å². The van der Waals surface area contributed by atoms with Crippen LogP contribution in [0.15, 0.2) is 17.1 Å². The van der Waals surface area contributed by atoms with E-state index in [1.807, 2.05) is 46.8 Å². The normalized spacial score (nSPS) is 24.7. The van der Waals surface area contributed by atoms with E-state index in [0.29, 0.717) is 30.9 Å². The van der Waals surface area contributed by atoms with Gasteiger partial charge in [-0.3, -0.25) is 14.5 Å². The van der Waals surface area contributed by atoms with Crippen LogP contribution in [0.3, 0.4) is 0 Å². The number of aliphatic carboxylic acids is 1. The minimum atomic E-state index is -5.08. The lowest BCUT2D eigenvalue weighted by Gasteiger charge is -2.39. The molecule has 42 heavy (non-hydrogen) atoms.